The minimum Gasteiger partial charge on any atom is -0.481 e. The number of imidazole rings is 1. The molecule has 0 aliphatic carbocycles. The molecule has 0 aliphatic heterocycles. The normalized spacial score (nSPS) is 11.3. The van der Waals surface area contributed by atoms with E-state index in [1.54, 1.807) is 6.20 Å². The Labute approximate surface area is 116 Å². The molecule has 0 radical (unpaired) electrons. The van der Waals surface area contributed by atoms with E-state index in [0.717, 1.165) is 29.2 Å². The van der Waals surface area contributed by atoms with Gasteiger partial charge >= 0.3 is 5.97 Å². The average molecular weight is 279 g/mol. The third kappa shape index (κ3) is 2.89. The summed E-state index contributed by atoms with van der Waals surface area (Å²) in [5.41, 5.74) is 1.66. The van der Waals surface area contributed by atoms with Gasteiger partial charge in [0.05, 0.1) is 5.75 Å². The Balaban J connectivity index is 2.48. The number of carboxylic acid groups (broad SMARTS) is 1. The molecule has 1 N–H and O–H groups in total. The van der Waals surface area contributed by atoms with Crippen LogP contribution in [0, 0.1) is 0 Å². The second kappa shape index (κ2) is 6.06. The van der Waals surface area contributed by atoms with Crippen molar-refractivity contribution in [3.63, 3.8) is 0 Å². The molecule has 0 unspecified atom stereocenters. The van der Waals surface area contributed by atoms with Crippen molar-refractivity contribution in [2.24, 2.45) is 0 Å². The van der Waals surface area contributed by atoms with Crippen LogP contribution >= 0.6 is 11.8 Å². The van der Waals surface area contributed by atoms with E-state index >= 15 is 0 Å². The van der Waals surface area contributed by atoms with E-state index in [4.69, 9.17) is 5.11 Å². The molecule has 0 bridgehead atoms. The summed E-state index contributed by atoms with van der Waals surface area (Å²) in [6.45, 7) is 4.24. The van der Waals surface area contributed by atoms with Crippen molar-refractivity contribution < 1.29 is 9.90 Å². The topological polar surface area (TPSA) is 68.0 Å². The third-order valence-electron chi connectivity index (χ3n) is 3.05. The lowest BCUT2D eigenvalue weighted by Crippen LogP contribution is -2.10. The van der Waals surface area contributed by atoms with E-state index in [1.165, 1.54) is 11.8 Å². The Hall–Kier alpha value is -1.56. The molecule has 0 amide bonds. The summed E-state index contributed by atoms with van der Waals surface area (Å²) in [6.07, 6.45) is 3.69. The monoisotopic (exact) mass is 279 g/mol. The lowest BCUT2D eigenvalue weighted by molar-refractivity contribution is -0.133. The number of hydrogen-bond acceptors (Lipinski definition) is 4. The van der Waals surface area contributed by atoms with Gasteiger partial charge in [0.15, 0.2) is 10.8 Å². The highest BCUT2D eigenvalue weighted by molar-refractivity contribution is 7.99. The SMILES string of the molecule is CCC(CC)n1c(SCC(=O)O)nc2cccnc21. The van der Waals surface area contributed by atoms with Crippen LogP contribution < -0.4 is 0 Å². The highest BCUT2D eigenvalue weighted by Gasteiger charge is 2.18. The predicted octanol–water partition coefficient (Wildman–Crippen LogP) is 2.97. The first-order valence-electron chi connectivity index (χ1n) is 6.34. The number of aliphatic carboxylic acids is 1. The van der Waals surface area contributed by atoms with Gasteiger partial charge in [0.2, 0.25) is 0 Å². The van der Waals surface area contributed by atoms with Gasteiger partial charge in [0.1, 0.15) is 5.52 Å². The van der Waals surface area contributed by atoms with Crippen molar-refractivity contribution in [1.29, 1.82) is 0 Å². The molecule has 19 heavy (non-hydrogen) atoms. The standard InChI is InChI=1S/C13H17N3O2S/c1-3-9(4-2)16-12-10(6-5-7-14-12)15-13(16)19-8-11(17)18/h5-7,9H,3-4,8H2,1-2H3,(H,17,18). The van der Waals surface area contributed by atoms with Crippen molar-refractivity contribution in [2.45, 2.75) is 37.9 Å². The highest BCUT2D eigenvalue weighted by Crippen LogP contribution is 2.29. The zero-order valence-corrected chi connectivity index (χ0v) is 11.9. The molecule has 0 aliphatic rings. The average Bonchev–Trinajstić information content (AvgIpc) is 2.77. The van der Waals surface area contributed by atoms with E-state index in [0.29, 0.717) is 6.04 Å². The molecule has 2 rings (SSSR count). The fourth-order valence-electron chi connectivity index (χ4n) is 2.12. The van der Waals surface area contributed by atoms with Crippen LogP contribution in [0.5, 0.6) is 0 Å². The first-order chi connectivity index (χ1) is 9.17. The fraction of sp³-hybridized carbons (Fsp3) is 0.462. The predicted molar refractivity (Wildman–Crippen MR) is 75.5 cm³/mol. The summed E-state index contributed by atoms with van der Waals surface area (Å²) in [5, 5.41) is 9.56. The van der Waals surface area contributed by atoms with Crippen molar-refractivity contribution in [2.75, 3.05) is 5.75 Å². The molecular formula is C13H17N3O2S. The molecular weight excluding hydrogens is 262 g/mol. The van der Waals surface area contributed by atoms with Gasteiger partial charge in [-0.15, -0.1) is 0 Å². The number of hydrogen-bond donors (Lipinski definition) is 1. The number of rotatable bonds is 6. The second-order valence-corrected chi connectivity index (χ2v) is 5.21. The van der Waals surface area contributed by atoms with E-state index in [-0.39, 0.29) is 5.75 Å². The van der Waals surface area contributed by atoms with Crippen LogP contribution in [0.25, 0.3) is 11.2 Å². The van der Waals surface area contributed by atoms with E-state index in [1.807, 2.05) is 12.1 Å². The van der Waals surface area contributed by atoms with Crippen molar-refractivity contribution in [3.05, 3.63) is 18.3 Å². The maximum atomic E-state index is 10.7. The quantitative estimate of drug-likeness (QED) is 0.823. The van der Waals surface area contributed by atoms with Crippen molar-refractivity contribution in [1.82, 2.24) is 14.5 Å². The Bertz CT molecular complexity index is 578. The van der Waals surface area contributed by atoms with Gasteiger partial charge in [0, 0.05) is 12.2 Å². The van der Waals surface area contributed by atoms with Gasteiger partial charge in [0.25, 0.3) is 0 Å². The first kappa shape index (κ1) is 13.9. The number of thioether (sulfide) groups is 1. The summed E-state index contributed by atoms with van der Waals surface area (Å²) in [4.78, 5) is 19.6. The van der Waals surface area contributed by atoms with E-state index in [2.05, 4.69) is 28.4 Å². The van der Waals surface area contributed by atoms with Crippen LogP contribution in [-0.4, -0.2) is 31.4 Å². The first-order valence-corrected chi connectivity index (χ1v) is 7.33. The Morgan fingerprint density at radius 1 is 1.47 bits per heavy atom. The van der Waals surface area contributed by atoms with E-state index in [9.17, 15) is 4.79 Å². The maximum Gasteiger partial charge on any atom is 0.313 e. The van der Waals surface area contributed by atoms with E-state index < -0.39 is 5.97 Å². The fourth-order valence-corrected chi connectivity index (χ4v) is 2.91. The minimum absolute atomic E-state index is 0.0173. The Morgan fingerprint density at radius 2 is 2.21 bits per heavy atom. The Morgan fingerprint density at radius 3 is 2.84 bits per heavy atom. The summed E-state index contributed by atoms with van der Waals surface area (Å²) in [5.74, 6) is -0.815. The molecule has 0 atom stereocenters. The van der Waals surface area contributed by atoms with Crippen molar-refractivity contribution in [3.8, 4) is 0 Å². The van der Waals surface area contributed by atoms with Gasteiger partial charge < -0.3 is 9.67 Å². The molecule has 0 fully saturated rings. The summed E-state index contributed by atoms with van der Waals surface area (Å²) in [6, 6.07) is 4.06. The molecule has 102 valence electrons. The van der Waals surface area contributed by atoms with Crippen LogP contribution in [-0.2, 0) is 4.79 Å². The zero-order chi connectivity index (χ0) is 13.8. The lowest BCUT2D eigenvalue weighted by atomic mass is 10.2. The van der Waals surface area contributed by atoms with Crippen LogP contribution in [0.4, 0.5) is 0 Å². The molecule has 2 aromatic rings. The molecule has 0 aromatic carbocycles. The molecule has 5 nitrogen and oxygen atoms in total. The molecule has 6 heteroatoms. The molecule has 0 saturated heterocycles. The van der Waals surface area contributed by atoms with Crippen molar-refractivity contribution >= 4 is 28.9 Å². The van der Waals surface area contributed by atoms with Crippen LogP contribution in [0.1, 0.15) is 32.7 Å². The van der Waals surface area contributed by atoms with Crippen LogP contribution in [0.3, 0.4) is 0 Å². The smallest absolute Gasteiger partial charge is 0.313 e. The maximum absolute atomic E-state index is 10.7. The van der Waals surface area contributed by atoms with Gasteiger partial charge in [-0.25, -0.2) is 9.97 Å². The molecule has 2 aromatic heterocycles. The van der Waals surface area contributed by atoms with Crippen LogP contribution in [0.15, 0.2) is 23.5 Å². The molecule has 2 heterocycles. The second-order valence-electron chi connectivity index (χ2n) is 4.26. The van der Waals surface area contributed by atoms with Gasteiger partial charge in [-0.1, -0.05) is 25.6 Å². The third-order valence-corrected chi connectivity index (χ3v) is 3.99. The molecule has 0 saturated carbocycles. The van der Waals surface area contributed by atoms with Gasteiger partial charge in [-0.05, 0) is 25.0 Å². The summed E-state index contributed by atoms with van der Waals surface area (Å²) >= 11 is 1.25. The van der Waals surface area contributed by atoms with Crippen LogP contribution in [0.2, 0.25) is 0 Å². The number of fused-ring (bicyclic) bond motifs is 1. The number of carbonyl (C=O) groups is 1. The summed E-state index contributed by atoms with van der Waals surface area (Å²) < 4.78 is 2.07. The molecule has 0 spiro atoms. The number of nitrogens with zero attached hydrogens (tertiary/aromatic N) is 3. The minimum atomic E-state index is -0.832. The highest BCUT2D eigenvalue weighted by atomic mass is 32.2. The number of aromatic nitrogens is 3. The lowest BCUT2D eigenvalue weighted by Gasteiger charge is -2.17. The number of pyridine rings is 1. The van der Waals surface area contributed by atoms with Gasteiger partial charge in [-0.2, -0.15) is 0 Å². The number of carboxylic acids is 1. The summed E-state index contributed by atoms with van der Waals surface area (Å²) in [7, 11) is 0. The Kier molecular flexibility index (Phi) is 4.42. The van der Waals surface area contributed by atoms with Gasteiger partial charge in [-0.3, -0.25) is 4.79 Å². The zero-order valence-electron chi connectivity index (χ0n) is 11.0. The largest absolute Gasteiger partial charge is 0.481 e.